The van der Waals surface area contributed by atoms with Crippen LogP contribution in [0.4, 0.5) is 5.69 Å². The Balaban J connectivity index is 1.91. The Morgan fingerprint density at radius 2 is 1.97 bits per heavy atom. The Morgan fingerprint density at radius 1 is 1.27 bits per heavy atom. The summed E-state index contributed by atoms with van der Waals surface area (Å²) < 4.78 is 39.0. The first-order chi connectivity index (χ1) is 14.2. The zero-order valence-corrected chi connectivity index (χ0v) is 19.1. The summed E-state index contributed by atoms with van der Waals surface area (Å²) in [7, 11) is -2.81. The first kappa shape index (κ1) is 22.7. The molecule has 0 unspecified atom stereocenters. The monoisotopic (exact) mass is 518 g/mol. The number of hydrogen-bond donors (Lipinski definition) is 3. The van der Waals surface area contributed by atoms with Crippen molar-refractivity contribution in [2.45, 2.75) is 23.8 Å². The molecule has 1 amide bonds. The van der Waals surface area contributed by atoms with Crippen LogP contribution in [0, 0.1) is 0 Å². The Labute approximate surface area is 187 Å². The standard InChI is InChI=1S/C19H20BrClN2O6S/c1-28-16-3-2-11(20)8-17(16)30(26,27)23-15-10-12(21)9-14(18(15)24)19(25)22-13-4-6-29-7-5-13/h2-3,8-10,13,23-24H,4-7H2,1H3,(H,22,25). The highest BCUT2D eigenvalue weighted by Crippen LogP contribution is 2.35. The minimum atomic E-state index is -4.16. The molecule has 3 rings (SSSR count). The molecule has 1 saturated heterocycles. The summed E-state index contributed by atoms with van der Waals surface area (Å²) in [6, 6.07) is 6.89. The molecule has 1 fully saturated rings. The van der Waals surface area contributed by atoms with Gasteiger partial charge in [0, 0.05) is 28.8 Å². The van der Waals surface area contributed by atoms with Gasteiger partial charge in [-0.3, -0.25) is 9.52 Å². The second-order valence-electron chi connectivity index (χ2n) is 6.61. The maximum atomic E-state index is 12.9. The number of amides is 1. The molecule has 1 heterocycles. The summed E-state index contributed by atoms with van der Waals surface area (Å²) in [6.45, 7) is 1.07. The Morgan fingerprint density at radius 3 is 2.63 bits per heavy atom. The van der Waals surface area contributed by atoms with Gasteiger partial charge < -0.3 is 19.9 Å². The van der Waals surface area contributed by atoms with E-state index in [1.165, 1.54) is 31.4 Å². The van der Waals surface area contributed by atoms with E-state index in [0.29, 0.717) is 30.5 Å². The van der Waals surface area contributed by atoms with Crippen LogP contribution in [0.5, 0.6) is 11.5 Å². The summed E-state index contributed by atoms with van der Waals surface area (Å²) in [5, 5.41) is 13.5. The van der Waals surface area contributed by atoms with Crippen molar-refractivity contribution in [3.05, 3.63) is 45.4 Å². The summed E-state index contributed by atoms with van der Waals surface area (Å²) in [6.07, 6.45) is 1.30. The maximum absolute atomic E-state index is 12.9. The number of rotatable bonds is 6. The number of anilines is 1. The molecule has 11 heteroatoms. The van der Waals surface area contributed by atoms with Crippen LogP contribution in [-0.4, -0.2) is 45.8 Å². The number of aromatic hydroxyl groups is 1. The van der Waals surface area contributed by atoms with Gasteiger partial charge in [0.15, 0.2) is 5.75 Å². The molecule has 3 N–H and O–H groups in total. The minimum Gasteiger partial charge on any atom is -0.505 e. The number of hydrogen-bond acceptors (Lipinski definition) is 6. The SMILES string of the molecule is COc1ccc(Br)cc1S(=O)(=O)Nc1cc(Cl)cc(C(=O)NC2CCOCC2)c1O. The molecular formula is C19H20BrClN2O6S. The molecule has 0 aromatic heterocycles. The minimum absolute atomic E-state index is 0.0869. The number of carbonyl (C=O) groups excluding carboxylic acids is 1. The van der Waals surface area contributed by atoms with Gasteiger partial charge in [0.2, 0.25) is 0 Å². The fourth-order valence-electron chi connectivity index (χ4n) is 3.02. The van der Waals surface area contributed by atoms with Crippen LogP contribution in [0.2, 0.25) is 5.02 Å². The molecule has 0 spiro atoms. The van der Waals surface area contributed by atoms with E-state index in [1.807, 2.05) is 0 Å². The molecule has 30 heavy (non-hydrogen) atoms. The Hall–Kier alpha value is -2.01. The smallest absolute Gasteiger partial charge is 0.265 e. The highest BCUT2D eigenvalue weighted by molar-refractivity contribution is 9.10. The zero-order chi connectivity index (χ0) is 21.9. The van der Waals surface area contributed by atoms with Gasteiger partial charge in [-0.15, -0.1) is 0 Å². The number of carbonyl (C=O) groups is 1. The van der Waals surface area contributed by atoms with Crippen molar-refractivity contribution in [1.29, 1.82) is 0 Å². The predicted octanol–water partition coefficient (Wildman–Crippen LogP) is 3.53. The number of phenols is 1. The van der Waals surface area contributed by atoms with Crippen molar-refractivity contribution < 1.29 is 27.8 Å². The molecule has 0 bridgehead atoms. The van der Waals surface area contributed by atoms with Gasteiger partial charge in [-0.05, 0) is 43.2 Å². The number of nitrogens with one attached hydrogen (secondary N) is 2. The van der Waals surface area contributed by atoms with Gasteiger partial charge in [-0.1, -0.05) is 27.5 Å². The van der Waals surface area contributed by atoms with E-state index in [-0.39, 0.29) is 33.0 Å². The Bertz CT molecular complexity index is 1060. The fraction of sp³-hybridized carbons (Fsp3) is 0.316. The van der Waals surface area contributed by atoms with Crippen LogP contribution in [-0.2, 0) is 14.8 Å². The van der Waals surface area contributed by atoms with Crippen molar-refractivity contribution >= 4 is 49.1 Å². The molecule has 2 aromatic carbocycles. The van der Waals surface area contributed by atoms with Crippen molar-refractivity contribution in [3.8, 4) is 11.5 Å². The lowest BCUT2D eigenvalue weighted by atomic mass is 10.1. The molecule has 0 saturated carbocycles. The lowest BCUT2D eigenvalue weighted by Gasteiger charge is -2.23. The number of sulfonamides is 1. The summed E-state index contributed by atoms with van der Waals surface area (Å²) in [4.78, 5) is 12.5. The predicted molar refractivity (Wildman–Crippen MR) is 116 cm³/mol. The van der Waals surface area contributed by atoms with E-state index >= 15 is 0 Å². The van der Waals surface area contributed by atoms with Crippen LogP contribution in [0.15, 0.2) is 39.7 Å². The van der Waals surface area contributed by atoms with Crippen molar-refractivity contribution in [3.63, 3.8) is 0 Å². The molecule has 8 nitrogen and oxygen atoms in total. The number of phenolic OH excluding ortho intramolecular Hbond substituents is 1. The average Bonchev–Trinajstić information content (AvgIpc) is 2.71. The average molecular weight is 520 g/mol. The zero-order valence-electron chi connectivity index (χ0n) is 15.9. The van der Waals surface area contributed by atoms with Gasteiger partial charge in [-0.2, -0.15) is 0 Å². The molecule has 0 radical (unpaired) electrons. The number of halogens is 2. The highest BCUT2D eigenvalue weighted by Gasteiger charge is 2.25. The van der Waals surface area contributed by atoms with Gasteiger partial charge in [0.25, 0.3) is 15.9 Å². The molecular weight excluding hydrogens is 500 g/mol. The lowest BCUT2D eigenvalue weighted by molar-refractivity contribution is 0.0695. The molecule has 162 valence electrons. The number of methoxy groups -OCH3 is 1. The highest BCUT2D eigenvalue weighted by atomic mass is 79.9. The van der Waals surface area contributed by atoms with Gasteiger partial charge in [-0.25, -0.2) is 8.42 Å². The van der Waals surface area contributed by atoms with Gasteiger partial charge in [0.05, 0.1) is 18.4 Å². The van der Waals surface area contributed by atoms with E-state index < -0.39 is 21.7 Å². The number of ether oxygens (including phenoxy) is 2. The summed E-state index contributed by atoms with van der Waals surface area (Å²) >= 11 is 9.32. The first-order valence-corrected chi connectivity index (χ1v) is 11.6. The van der Waals surface area contributed by atoms with E-state index in [1.54, 1.807) is 6.07 Å². The van der Waals surface area contributed by atoms with E-state index in [9.17, 15) is 18.3 Å². The largest absolute Gasteiger partial charge is 0.505 e. The molecule has 0 aliphatic carbocycles. The van der Waals surface area contributed by atoms with Crippen LogP contribution in [0.25, 0.3) is 0 Å². The first-order valence-electron chi connectivity index (χ1n) is 8.98. The lowest BCUT2D eigenvalue weighted by Crippen LogP contribution is -2.38. The van der Waals surface area contributed by atoms with Crippen LogP contribution in [0.1, 0.15) is 23.2 Å². The van der Waals surface area contributed by atoms with Crippen molar-refractivity contribution in [1.82, 2.24) is 5.32 Å². The third-order valence-corrected chi connectivity index (χ3v) is 6.63. The molecule has 2 aromatic rings. The van der Waals surface area contributed by atoms with Gasteiger partial charge >= 0.3 is 0 Å². The second-order valence-corrected chi connectivity index (χ2v) is 9.61. The summed E-state index contributed by atoms with van der Waals surface area (Å²) in [5.74, 6) is -0.964. The Kier molecular flexibility index (Phi) is 7.12. The summed E-state index contributed by atoms with van der Waals surface area (Å²) in [5.41, 5.74) is -0.352. The molecule has 1 aliphatic heterocycles. The number of benzene rings is 2. The van der Waals surface area contributed by atoms with Crippen LogP contribution >= 0.6 is 27.5 Å². The second kappa shape index (κ2) is 9.42. The molecule has 1 aliphatic rings. The third kappa shape index (κ3) is 5.18. The van der Waals surface area contributed by atoms with E-state index in [0.717, 1.165) is 0 Å². The molecule has 0 atom stereocenters. The third-order valence-electron chi connectivity index (χ3n) is 4.54. The van der Waals surface area contributed by atoms with Crippen LogP contribution < -0.4 is 14.8 Å². The normalized spacial score (nSPS) is 14.9. The topological polar surface area (TPSA) is 114 Å². The van der Waals surface area contributed by atoms with Gasteiger partial charge in [0.1, 0.15) is 10.6 Å². The quantitative estimate of drug-likeness (QED) is 0.503. The van der Waals surface area contributed by atoms with Crippen LogP contribution in [0.3, 0.4) is 0 Å². The van der Waals surface area contributed by atoms with Crippen molar-refractivity contribution in [2.24, 2.45) is 0 Å². The van der Waals surface area contributed by atoms with E-state index in [2.05, 4.69) is 26.0 Å². The van der Waals surface area contributed by atoms with Crippen molar-refractivity contribution in [2.75, 3.05) is 25.0 Å². The maximum Gasteiger partial charge on any atom is 0.265 e. The van der Waals surface area contributed by atoms with E-state index in [4.69, 9.17) is 21.1 Å². The fourth-order valence-corrected chi connectivity index (χ4v) is 5.00.